The summed E-state index contributed by atoms with van der Waals surface area (Å²) in [6.07, 6.45) is 6.37. The maximum atomic E-state index is 5.87. The molecule has 0 saturated carbocycles. The minimum atomic E-state index is 0.460. The van der Waals surface area contributed by atoms with Crippen LogP contribution in [0.3, 0.4) is 0 Å². The Bertz CT molecular complexity index is 1740. The maximum Gasteiger partial charge on any atom is 0.162 e. The molecule has 9 heteroatoms. The topological polar surface area (TPSA) is 110 Å². The first-order valence-electron chi connectivity index (χ1n) is 13.1. The molecule has 0 atom stereocenters. The third kappa shape index (κ3) is 5.84. The Morgan fingerprint density at radius 1 is 0.875 bits per heavy atom. The summed E-state index contributed by atoms with van der Waals surface area (Å²) in [5.41, 5.74) is 5.80. The second kappa shape index (κ2) is 11.8. The van der Waals surface area contributed by atoms with Crippen LogP contribution in [0.5, 0.6) is 5.75 Å². The van der Waals surface area contributed by atoms with Crippen molar-refractivity contribution in [3.8, 4) is 17.1 Å². The van der Waals surface area contributed by atoms with Gasteiger partial charge in [0.2, 0.25) is 0 Å². The first-order chi connectivity index (χ1) is 19.7. The van der Waals surface area contributed by atoms with Crippen LogP contribution in [0.2, 0.25) is 0 Å². The summed E-state index contributed by atoms with van der Waals surface area (Å²) >= 11 is 0. The molecule has 6 rings (SSSR count). The lowest BCUT2D eigenvalue weighted by Gasteiger charge is -2.14. The van der Waals surface area contributed by atoms with E-state index in [0.717, 1.165) is 57.5 Å². The minimum Gasteiger partial charge on any atom is -0.491 e. The van der Waals surface area contributed by atoms with Gasteiger partial charge < -0.3 is 20.1 Å². The zero-order valence-electron chi connectivity index (χ0n) is 22.1. The van der Waals surface area contributed by atoms with E-state index in [-0.39, 0.29) is 0 Å². The van der Waals surface area contributed by atoms with E-state index >= 15 is 0 Å². The summed E-state index contributed by atoms with van der Waals surface area (Å²) in [6, 6.07) is 24.1. The van der Waals surface area contributed by atoms with E-state index in [1.165, 1.54) is 5.56 Å². The van der Waals surface area contributed by atoms with Crippen molar-refractivity contribution in [1.29, 1.82) is 0 Å². The van der Waals surface area contributed by atoms with E-state index < -0.39 is 0 Å². The van der Waals surface area contributed by atoms with Crippen molar-refractivity contribution in [1.82, 2.24) is 25.1 Å². The van der Waals surface area contributed by atoms with Gasteiger partial charge in [-0.05, 0) is 66.6 Å². The average molecular weight is 532 g/mol. The number of aromatic amines is 1. The number of nitrogens with zero attached hydrogens (tertiary/aromatic N) is 4. The third-order valence-electron chi connectivity index (χ3n) is 6.51. The van der Waals surface area contributed by atoms with Gasteiger partial charge in [-0.25, -0.2) is 9.97 Å². The summed E-state index contributed by atoms with van der Waals surface area (Å²) in [7, 11) is 1.66. The number of H-pyrrole nitrogens is 1. The lowest BCUT2D eigenvalue weighted by atomic mass is 10.1. The van der Waals surface area contributed by atoms with Crippen molar-refractivity contribution in [2.24, 2.45) is 0 Å². The first kappa shape index (κ1) is 25.3. The molecule has 6 aromatic rings. The predicted octanol–water partition coefficient (Wildman–Crippen LogP) is 5.99. The zero-order valence-corrected chi connectivity index (χ0v) is 22.1. The molecule has 3 heterocycles. The van der Waals surface area contributed by atoms with Gasteiger partial charge in [-0.15, -0.1) is 0 Å². The minimum absolute atomic E-state index is 0.460. The number of pyridine rings is 1. The van der Waals surface area contributed by atoms with Crippen LogP contribution in [0.25, 0.3) is 33.2 Å². The van der Waals surface area contributed by atoms with E-state index in [9.17, 15) is 0 Å². The Balaban J connectivity index is 1.31. The van der Waals surface area contributed by atoms with Crippen LogP contribution in [0, 0.1) is 0 Å². The number of aromatic nitrogens is 5. The van der Waals surface area contributed by atoms with E-state index in [2.05, 4.69) is 44.0 Å². The number of rotatable bonds is 11. The number of nitrogens with one attached hydrogen (secondary N) is 3. The van der Waals surface area contributed by atoms with Gasteiger partial charge in [0.05, 0.1) is 23.8 Å². The van der Waals surface area contributed by atoms with E-state index in [0.29, 0.717) is 24.9 Å². The number of fused-ring (bicyclic) bond motifs is 2. The average Bonchev–Trinajstić information content (AvgIpc) is 3.46. The van der Waals surface area contributed by atoms with Crippen LogP contribution in [0.4, 0.5) is 17.2 Å². The fraction of sp³-hybridized carbons (Fsp3) is 0.161. The summed E-state index contributed by atoms with van der Waals surface area (Å²) < 4.78 is 11.0. The Hall–Kier alpha value is -5.02. The van der Waals surface area contributed by atoms with Crippen molar-refractivity contribution in [2.75, 3.05) is 37.5 Å². The molecule has 200 valence electrons. The van der Waals surface area contributed by atoms with Gasteiger partial charge in [-0.3, -0.25) is 10.1 Å². The van der Waals surface area contributed by atoms with Crippen molar-refractivity contribution in [3.05, 3.63) is 97.0 Å². The maximum absolute atomic E-state index is 5.87. The number of ether oxygens (including phenoxy) is 2. The van der Waals surface area contributed by atoms with Crippen LogP contribution in [0.15, 0.2) is 91.4 Å². The highest BCUT2D eigenvalue weighted by Crippen LogP contribution is 2.31. The summed E-state index contributed by atoms with van der Waals surface area (Å²) in [5.74, 6) is 2.05. The van der Waals surface area contributed by atoms with Crippen LogP contribution in [0.1, 0.15) is 5.56 Å². The molecule has 3 N–H and O–H groups in total. The molecule has 0 aliphatic heterocycles. The van der Waals surface area contributed by atoms with Crippen molar-refractivity contribution in [3.63, 3.8) is 0 Å². The molecule has 0 aliphatic rings. The van der Waals surface area contributed by atoms with Crippen molar-refractivity contribution < 1.29 is 9.47 Å². The fourth-order valence-electron chi connectivity index (χ4n) is 4.49. The first-order valence-corrected chi connectivity index (χ1v) is 13.1. The largest absolute Gasteiger partial charge is 0.491 e. The molecule has 40 heavy (non-hydrogen) atoms. The monoisotopic (exact) mass is 531 g/mol. The SMILES string of the molecule is COCCOc1ccc2nc(-c3cccc(NCCc4cccnc4)c3)nc(Nc3ccc4[nH]ncc4c3)c2c1. The molecular formula is C31H29N7O2. The highest BCUT2D eigenvalue weighted by atomic mass is 16.5. The normalized spacial score (nSPS) is 11.1. The Kier molecular flexibility index (Phi) is 7.45. The number of benzene rings is 3. The summed E-state index contributed by atoms with van der Waals surface area (Å²) in [4.78, 5) is 14.1. The van der Waals surface area contributed by atoms with Crippen molar-refractivity contribution in [2.45, 2.75) is 6.42 Å². The van der Waals surface area contributed by atoms with Crippen LogP contribution in [-0.4, -0.2) is 52.0 Å². The van der Waals surface area contributed by atoms with E-state index in [4.69, 9.17) is 19.4 Å². The van der Waals surface area contributed by atoms with Crippen molar-refractivity contribution >= 4 is 39.0 Å². The molecule has 0 aliphatic carbocycles. The third-order valence-corrected chi connectivity index (χ3v) is 6.51. The van der Waals surface area contributed by atoms with Gasteiger partial charge >= 0.3 is 0 Å². The summed E-state index contributed by atoms with van der Waals surface area (Å²) in [6.45, 7) is 1.76. The number of hydrogen-bond donors (Lipinski definition) is 3. The molecule has 3 aromatic carbocycles. The number of methoxy groups -OCH3 is 1. The number of hydrogen-bond acceptors (Lipinski definition) is 8. The lowest BCUT2D eigenvalue weighted by molar-refractivity contribution is 0.146. The molecule has 0 radical (unpaired) electrons. The molecule has 0 saturated heterocycles. The number of anilines is 3. The quantitative estimate of drug-likeness (QED) is 0.175. The second-order valence-electron chi connectivity index (χ2n) is 9.33. The summed E-state index contributed by atoms with van der Waals surface area (Å²) in [5, 5.41) is 16.0. The molecule has 0 bridgehead atoms. The molecule has 0 unspecified atom stereocenters. The smallest absolute Gasteiger partial charge is 0.162 e. The van der Waals surface area contributed by atoms with E-state index in [1.807, 2.05) is 60.8 Å². The van der Waals surface area contributed by atoms with Crippen LogP contribution in [-0.2, 0) is 11.2 Å². The molecule has 9 nitrogen and oxygen atoms in total. The van der Waals surface area contributed by atoms with Gasteiger partial charge in [0.15, 0.2) is 5.82 Å². The van der Waals surface area contributed by atoms with Gasteiger partial charge in [-0.1, -0.05) is 18.2 Å². The lowest BCUT2D eigenvalue weighted by Crippen LogP contribution is -2.05. The van der Waals surface area contributed by atoms with Crippen LogP contribution >= 0.6 is 0 Å². The van der Waals surface area contributed by atoms with Gasteiger partial charge in [-0.2, -0.15) is 5.10 Å². The van der Waals surface area contributed by atoms with Gasteiger partial charge in [0.1, 0.15) is 18.2 Å². The second-order valence-corrected chi connectivity index (χ2v) is 9.33. The highest BCUT2D eigenvalue weighted by Gasteiger charge is 2.13. The molecule has 3 aromatic heterocycles. The molecule has 0 fully saturated rings. The zero-order chi connectivity index (χ0) is 27.1. The van der Waals surface area contributed by atoms with Gasteiger partial charge in [0.25, 0.3) is 0 Å². The molecule has 0 spiro atoms. The Morgan fingerprint density at radius 2 is 1.85 bits per heavy atom. The van der Waals surface area contributed by atoms with E-state index in [1.54, 1.807) is 19.5 Å². The standard InChI is InChI=1S/C31H29N7O2/c1-39-14-15-40-26-8-10-29-27(18-26)31(35-25-7-9-28-23(17-25)20-34-38-28)37-30(36-29)22-5-2-6-24(16-22)33-13-11-21-4-3-12-32-19-21/h2-10,12,16-20,33H,11,13-15H2,1H3,(H,34,38)(H,35,36,37). The Morgan fingerprint density at radius 3 is 2.75 bits per heavy atom. The van der Waals surface area contributed by atoms with Gasteiger partial charge in [0, 0.05) is 53.8 Å². The van der Waals surface area contributed by atoms with Crippen LogP contribution < -0.4 is 15.4 Å². The molecular weight excluding hydrogens is 502 g/mol. The Labute approximate surface area is 231 Å². The predicted molar refractivity (Wildman–Crippen MR) is 158 cm³/mol. The fourth-order valence-corrected chi connectivity index (χ4v) is 4.49. The molecule has 0 amide bonds. The highest BCUT2D eigenvalue weighted by molar-refractivity contribution is 5.94.